The van der Waals surface area contributed by atoms with Crippen molar-refractivity contribution < 1.29 is 14.7 Å². The van der Waals surface area contributed by atoms with E-state index in [2.05, 4.69) is 15.6 Å². The van der Waals surface area contributed by atoms with Crippen molar-refractivity contribution in [1.82, 2.24) is 15.2 Å². The molecule has 2 amide bonds. The maximum Gasteiger partial charge on any atom is 0.321 e. The van der Waals surface area contributed by atoms with Crippen molar-refractivity contribution >= 4 is 51.7 Å². The number of thiazole rings is 1. The van der Waals surface area contributed by atoms with Crippen LogP contribution in [0.2, 0.25) is 10.0 Å². The normalized spacial score (nSPS) is 10.7. The molecule has 0 atom stereocenters. The molecule has 0 radical (unpaired) electrons. The number of nitrogens with one attached hydrogen (secondary N) is 2. The topological polar surface area (TPSA) is 94.6 Å². The Bertz CT molecular complexity index is 769. The van der Waals surface area contributed by atoms with E-state index in [4.69, 9.17) is 28.3 Å². The van der Waals surface area contributed by atoms with E-state index in [-0.39, 0.29) is 6.54 Å². The number of carbonyl (C=O) groups excluding carboxylic acids is 1. The van der Waals surface area contributed by atoms with E-state index in [9.17, 15) is 9.59 Å². The fraction of sp³-hybridized carbons (Fsp3) is 0.267. The molecule has 0 saturated carbocycles. The SMILES string of the molecule is CN(CC(=O)O)Cc1csc(NC(=O)NCc2ccc(Cl)c(Cl)c2)n1. The zero-order valence-corrected chi connectivity index (χ0v) is 15.6. The van der Waals surface area contributed by atoms with Crippen LogP contribution in [0.3, 0.4) is 0 Å². The van der Waals surface area contributed by atoms with Gasteiger partial charge in [0.15, 0.2) is 5.13 Å². The van der Waals surface area contributed by atoms with Crippen molar-refractivity contribution in [2.45, 2.75) is 13.1 Å². The zero-order chi connectivity index (χ0) is 18.4. The molecule has 0 aliphatic carbocycles. The Hall–Kier alpha value is -1.87. The van der Waals surface area contributed by atoms with E-state index >= 15 is 0 Å². The minimum absolute atomic E-state index is 0.0789. The average Bonchev–Trinajstić information content (AvgIpc) is 2.94. The number of carboxylic acid groups (broad SMARTS) is 1. The number of likely N-dealkylation sites (N-methyl/N-ethyl adjacent to an activating group) is 1. The van der Waals surface area contributed by atoms with Gasteiger partial charge in [-0.15, -0.1) is 11.3 Å². The van der Waals surface area contributed by atoms with E-state index in [1.807, 2.05) is 0 Å². The Kier molecular flexibility index (Phi) is 7.01. The van der Waals surface area contributed by atoms with Crippen LogP contribution < -0.4 is 10.6 Å². The highest BCUT2D eigenvalue weighted by Gasteiger charge is 2.10. The number of carbonyl (C=O) groups is 2. The lowest BCUT2D eigenvalue weighted by molar-refractivity contribution is -0.138. The lowest BCUT2D eigenvalue weighted by atomic mass is 10.2. The number of amides is 2. The van der Waals surface area contributed by atoms with Gasteiger partial charge in [-0.2, -0.15) is 0 Å². The largest absolute Gasteiger partial charge is 0.480 e. The Balaban J connectivity index is 1.82. The standard InChI is InChI=1S/C15H16Cl2N4O3S/c1-21(7-13(22)23)6-10-8-25-15(19-10)20-14(24)18-5-9-2-3-11(16)12(17)4-9/h2-4,8H,5-7H2,1H3,(H,22,23)(H2,18,19,20,24). The van der Waals surface area contributed by atoms with Gasteiger partial charge in [0.05, 0.1) is 22.3 Å². The second-order valence-corrected chi connectivity index (χ2v) is 6.94. The first-order valence-corrected chi connectivity index (χ1v) is 8.80. The zero-order valence-electron chi connectivity index (χ0n) is 13.3. The highest BCUT2D eigenvalue weighted by atomic mass is 35.5. The molecule has 25 heavy (non-hydrogen) atoms. The minimum atomic E-state index is -0.905. The van der Waals surface area contributed by atoms with Crippen LogP contribution in [-0.2, 0) is 17.9 Å². The van der Waals surface area contributed by atoms with E-state index in [1.54, 1.807) is 35.5 Å². The van der Waals surface area contributed by atoms with E-state index in [0.717, 1.165) is 5.56 Å². The summed E-state index contributed by atoms with van der Waals surface area (Å²) in [4.78, 5) is 28.4. The average molecular weight is 403 g/mol. The van der Waals surface area contributed by atoms with Crippen molar-refractivity contribution in [3.05, 3.63) is 44.9 Å². The molecular formula is C15H16Cl2N4O3S. The number of rotatable bonds is 7. The monoisotopic (exact) mass is 402 g/mol. The number of benzene rings is 1. The molecule has 0 saturated heterocycles. The minimum Gasteiger partial charge on any atom is -0.480 e. The van der Waals surface area contributed by atoms with Crippen LogP contribution in [0.4, 0.5) is 9.93 Å². The first-order valence-electron chi connectivity index (χ1n) is 7.17. The summed E-state index contributed by atoms with van der Waals surface area (Å²) in [5, 5.41) is 17.2. The van der Waals surface area contributed by atoms with Gasteiger partial charge in [0.2, 0.25) is 0 Å². The van der Waals surface area contributed by atoms with E-state index in [1.165, 1.54) is 11.3 Å². The van der Waals surface area contributed by atoms with Gasteiger partial charge >= 0.3 is 12.0 Å². The molecule has 0 aliphatic rings. The third kappa shape index (κ3) is 6.50. The second kappa shape index (κ2) is 9.00. The maximum atomic E-state index is 11.9. The summed E-state index contributed by atoms with van der Waals surface area (Å²) in [6, 6.07) is 4.73. The van der Waals surface area contributed by atoms with Crippen molar-refractivity contribution in [2.24, 2.45) is 0 Å². The number of urea groups is 1. The number of carboxylic acids is 1. The number of halogens is 2. The lowest BCUT2D eigenvalue weighted by Gasteiger charge is -2.11. The highest BCUT2D eigenvalue weighted by molar-refractivity contribution is 7.13. The third-order valence-corrected chi connectivity index (χ3v) is 4.59. The second-order valence-electron chi connectivity index (χ2n) is 5.27. The number of hydrogen-bond acceptors (Lipinski definition) is 5. The van der Waals surface area contributed by atoms with Gasteiger partial charge < -0.3 is 10.4 Å². The molecule has 134 valence electrons. The fourth-order valence-corrected chi connectivity index (χ4v) is 2.99. The van der Waals surface area contributed by atoms with Crippen LogP contribution in [0, 0.1) is 0 Å². The molecule has 1 aromatic carbocycles. The Labute approximate surface area is 158 Å². The molecule has 0 aliphatic heterocycles. The van der Waals surface area contributed by atoms with Crippen LogP contribution in [0.5, 0.6) is 0 Å². The summed E-state index contributed by atoms with van der Waals surface area (Å²) < 4.78 is 0. The Morgan fingerprint density at radius 3 is 2.76 bits per heavy atom. The molecule has 1 aromatic heterocycles. The van der Waals surface area contributed by atoms with Crippen LogP contribution in [0.15, 0.2) is 23.6 Å². The van der Waals surface area contributed by atoms with Crippen LogP contribution in [0.1, 0.15) is 11.3 Å². The maximum absolute atomic E-state index is 11.9. The summed E-state index contributed by atoms with van der Waals surface area (Å²) >= 11 is 13.0. The number of anilines is 1. The smallest absolute Gasteiger partial charge is 0.321 e. The summed E-state index contributed by atoms with van der Waals surface area (Å²) in [7, 11) is 1.69. The van der Waals surface area contributed by atoms with Gasteiger partial charge in [0.25, 0.3) is 0 Å². The fourth-order valence-electron chi connectivity index (χ4n) is 1.97. The van der Waals surface area contributed by atoms with Gasteiger partial charge in [0, 0.05) is 18.5 Å². The van der Waals surface area contributed by atoms with Crippen molar-refractivity contribution in [3.8, 4) is 0 Å². The van der Waals surface area contributed by atoms with Gasteiger partial charge in [-0.25, -0.2) is 9.78 Å². The Morgan fingerprint density at radius 2 is 2.08 bits per heavy atom. The van der Waals surface area contributed by atoms with Gasteiger partial charge in [-0.05, 0) is 24.7 Å². The molecule has 0 spiro atoms. The summed E-state index contributed by atoms with van der Waals surface area (Å²) in [6.07, 6.45) is 0. The summed E-state index contributed by atoms with van der Waals surface area (Å²) in [5.74, 6) is -0.905. The van der Waals surface area contributed by atoms with Crippen LogP contribution in [-0.4, -0.2) is 40.6 Å². The number of aliphatic carboxylic acids is 1. The van der Waals surface area contributed by atoms with Crippen molar-refractivity contribution in [3.63, 3.8) is 0 Å². The van der Waals surface area contributed by atoms with E-state index in [0.29, 0.717) is 34.0 Å². The lowest BCUT2D eigenvalue weighted by Crippen LogP contribution is -2.28. The van der Waals surface area contributed by atoms with Gasteiger partial charge in [0.1, 0.15) is 0 Å². The first-order chi connectivity index (χ1) is 11.8. The van der Waals surface area contributed by atoms with E-state index < -0.39 is 12.0 Å². The first kappa shape index (κ1) is 19.5. The predicted octanol–water partition coefficient (Wildman–Crippen LogP) is 3.29. The van der Waals surface area contributed by atoms with Crippen LogP contribution in [0.25, 0.3) is 0 Å². The number of nitrogens with zero attached hydrogens (tertiary/aromatic N) is 2. The molecule has 7 nitrogen and oxygen atoms in total. The van der Waals surface area contributed by atoms with Crippen LogP contribution >= 0.6 is 34.5 Å². The molecule has 10 heteroatoms. The number of hydrogen-bond donors (Lipinski definition) is 3. The predicted molar refractivity (Wildman–Crippen MR) is 98.4 cm³/mol. The molecule has 2 aromatic rings. The molecule has 0 bridgehead atoms. The molecule has 0 unspecified atom stereocenters. The van der Waals surface area contributed by atoms with Gasteiger partial charge in [-0.3, -0.25) is 15.0 Å². The summed E-state index contributed by atoms with van der Waals surface area (Å²) in [5.41, 5.74) is 1.51. The molecular weight excluding hydrogens is 387 g/mol. The van der Waals surface area contributed by atoms with Crippen molar-refractivity contribution in [1.29, 1.82) is 0 Å². The van der Waals surface area contributed by atoms with Crippen molar-refractivity contribution in [2.75, 3.05) is 18.9 Å². The quantitative estimate of drug-likeness (QED) is 0.660. The third-order valence-electron chi connectivity index (χ3n) is 3.05. The molecule has 1 heterocycles. The highest BCUT2D eigenvalue weighted by Crippen LogP contribution is 2.22. The molecule has 3 N–H and O–H groups in total. The van der Waals surface area contributed by atoms with Gasteiger partial charge in [-0.1, -0.05) is 29.3 Å². The molecule has 2 rings (SSSR count). The molecule has 0 fully saturated rings. The number of aromatic nitrogens is 1. The Morgan fingerprint density at radius 1 is 1.32 bits per heavy atom. The summed E-state index contributed by atoms with van der Waals surface area (Å²) in [6.45, 7) is 0.599.